The second-order valence-electron chi connectivity index (χ2n) is 9.69. The summed E-state index contributed by atoms with van der Waals surface area (Å²) < 4.78 is 6.06. The van der Waals surface area contributed by atoms with Crippen LogP contribution < -0.4 is 4.74 Å². The van der Waals surface area contributed by atoms with E-state index >= 15 is 0 Å². The van der Waals surface area contributed by atoms with Crippen LogP contribution >= 0.6 is 11.6 Å². The molecule has 0 radical (unpaired) electrons. The summed E-state index contributed by atoms with van der Waals surface area (Å²) in [5.74, 6) is 1.75. The topological polar surface area (TPSA) is 61.5 Å². The first-order valence-electron chi connectivity index (χ1n) is 12.6. The molecule has 3 heterocycles. The van der Waals surface area contributed by atoms with Gasteiger partial charge in [0.05, 0.1) is 30.2 Å². The van der Waals surface area contributed by atoms with Crippen molar-refractivity contribution in [2.75, 3.05) is 19.7 Å². The van der Waals surface area contributed by atoms with Gasteiger partial charge >= 0.3 is 6.03 Å². The molecule has 0 bridgehead atoms. The highest BCUT2D eigenvalue weighted by atomic mass is 35.5. The maximum absolute atomic E-state index is 13.8. The zero-order chi connectivity index (χ0) is 24.6. The predicted octanol–water partition coefficient (Wildman–Crippen LogP) is 6.73. The normalized spacial score (nSPS) is 18.0. The lowest BCUT2D eigenvalue weighted by atomic mass is 9.95. The van der Waals surface area contributed by atoms with Gasteiger partial charge in [-0.15, -0.1) is 0 Å². The number of imidazole rings is 1. The summed E-state index contributed by atoms with van der Waals surface area (Å²) in [7, 11) is 0. The van der Waals surface area contributed by atoms with Crippen LogP contribution in [0.15, 0.2) is 60.7 Å². The molecule has 6 nitrogen and oxygen atoms in total. The number of piperidine rings is 1. The molecule has 0 aliphatic carbocycles. The summed E-state index contributed by atoms with van der Waals surface area (Å²) in [4.78, 5) is 25.6. The minimum Gasteiger partial charge on any atom is -0.491 e. The Hall–Kier alpha value is -3.51. The Balaban J connectivity index is 1.27. The van der Waals surface area contributed by atoms with Crippen molar-refractivity contribution >= 4 is 28.7 Å². The summed E-state index contributed by atoms with van der Waals surface area (Å²) >= 11 is 6.12. The van der Waals surface area contributed by atoms with Crippen LogP contribution in [0.1, 0.15) is 42.3 Å². The summed E-state index contributed by atoms with van der Waals surface area (Å²) in [6.07, 6.45) is 3.11. The highest BCUT2D eigenvalue weighted by Gasteiger charge is 2.32. The van der Waals surface area contributed by atoms with Gasteiger partial charge in [0, 0.05) is 17.1 Å². The number of aromatic nitrogens is 2. The zero-order valence-corrected chi connectivity index (χ0v) is 21.1. The van der Waals surface area contributed by atoms with Gasteiger partial charge in [-0.05, 0) is 79.3 Å². The molecule has 2 amide bonds. The molecule has 2 aliphatic rings. The SMILES string of the molecule is Cc1nc2ccc(-c3ccc4c(c3)CN(C(=O)N3CCCCC3c3ccc(Cl)cc3)CCO4)cc2[nH]1. The molecule has 2 aliphatic heterocycles. The molecule has 1 fully saturated rings. The van der Waals surface area contributed by atoms with Gasteiger partial charge in [0.25, 0.3) is 0 Å². The number of aromatic amines is 1. The van der Waals surface area contributed by atoms with Gasteiger partial charge in [0.2, 0.25) is 0 Å². The predicted molar refractivity (Wildman–Crippen MR) is 142 cm³/mol. The molecule has 36 heavy (non-hydrogen) atoms. The highest BCUT2D eigenvalue weighted by molar-refractivity contribution is 6.30. The number of hydrogen-bond acceptors (Lipinski definition) is 3. The van der Waals surface area contributed by atoms with Crippen molar-refractivity contribution < 1.29 is 9.53 Å². The highest BCUT2D eigenvalue weighted by Crippen LogP contribution is 2.35. The van der Waals surface area contributed by atoms with Crippen molar-refractivity contribution in [1.82, 2.24) is 19.8 Å². The molecule has 1 atom stereocenters. The van der Waals surface area contributed by atoms with Crippen molar-refractivity contribution in [3.05, 3.63) is 82.6 Å². The second-order valence-corrected chi connectivity index (χ2v) is 10.1. The van der Waals surface area contributed by atoms with Crippen LogP contribution in [0.25, 0.3) is 22.2 Å². The van der Waals surface area contributed by atoms with E-state index < -0.39 is 0 Å². The Bertz CT molecular complexity index is 1410. The molecular weight excluding hydrogens is 472 g/mol. The van der Waals surface area contributed by atoms with E-state index in [1.165, 1.54) is 0 Å². The maximum atomic E-state index is 13.8. The number of fused-ring (bicyclic) bond motifs is 2. The first-order valence-corrected chi connectivity index (χ1v) is 13.0. The number of benzene rings is 3. The lowest BCUT2D eigenvalue weighted by Crippen LogP contribution is -2.47. The molecule has 184 valence electrons. The number of carbonyl (C=O) groups excluding carboxylic acids is 1. The summed E-state index contributed by atoms with van der Waals surface area (Å²) in [5.41, 5.74) is 6.35. The van der Waals surface area contributed by atoms with E-state index in [4.69, 9.17) is 16.3 Å². The van der Waals surface area contributed by atoms with Crippen molar-refractivity contribution in [3.8, 4) is 16.9 Å². The molecule has 0 saturated carbocycles. The minimum atomic E-state index is 0.0723. The number of carbonyl (C=O) groups is 1. The fourth-order valence-electron chi connectivity index (χ4n) is 5.43. The quantitative estimate of drug-likeness (QED) is 0.332. The Morgan fingerprint density at radius 3 is 2.69 bits per heavy atom. The van der Waals surface area contributed by atoms with Crippen LogP contribution in [-0.2, 0) is 6.54 Å². The molecule has 6 rings (SSSR count). The number of amides is 2. The van der Waals surface area contributed by atoms with Crippen LogP contribution in [-0.4, -0.2) is 45.5 Å². The van der Waals surface area contributed by atoms with Gasteiger partial charge < -0.3 is 19.5 Å². The Kier molecular flexibility index (Phi) is 6.05. The standard InChI is InChI=1S/C29H29ClN4O2/c1-19-31-25-11-7-22(17-26(25)32-19)21-8-12-28-23(16-21)18-33(14-15-36-28)29(35)34-13-3-2-4-27(34)20-5-9-24(30)10-6-20/h5-12,16-17,27H,2-4,13-15,18H2,1H3,(H,31,32). The van der Waals surface area contributed by atoms with Gasteiger partial charge in [-0.25, -0.2) is 9.78 Å². The number of aryl methyl sites for hydroxylation is 1. The number of nitrogens with zero attached hydrogens (tertiary/aromatic N) is 3. The number of hydrogen-bond donors (Lipinski definition) is 1. The number of likely N-dealkylation sites (tertiary alicyclic amines) is 1. The van der Waals surface area contributed by atoms with Crippen LogP contribution in [0.4, 0.5) is 4.79 Å². The first kappa shape index (κ1) is 22.9. The largest absolute Gasteiger partial charge is 0.491 e. The fraction of sp³-hybridized carbons (Fsp3) is 0.310. The Labute approximate surface area is 215 Å². The van der Waals surface area contributed by atoms with Gasteiger partial charge in [-0.3, -0.25) is 0 Å². The lowest BCUT2D eigenvalue weighted by Gasteiger charge is -2.39. The molecule has 0 spiro atoms. The molecule has 4 aromatic rings. The van der Waals surface area contributed by atoms with Gasteiger partial charge in [0.1, 0.15) is 18.2 Å². The van der Waals surface area contributed by atoms with Crippen LogP contribution in [0, 0.1) is 6.92 Å². The molecule has 1 N–H and O–H groups in total. The Morgan fingerprint density at radius 1 is 1.03 bits per heavy atom. The summed E-state index contributed by atoms with van der Waals surface area (Å²) in [5, 5.41) is 0.714. The van der Waals surface area contributed by atoms with Crippen molar-refractivity contribution in [2.45, 2.75) is 38.8 Å². The zero-order valence-electron chi connectivity index (χ0n) is 20.3. The van der Waals surface area contributed by atoms with E-state index in [9.17, 15) is 4.79 Å². The number of H-pyrrole nitrogens is 1. The van der Waals surface area contributed by atoms with Crippen molar-refractivity contribution in [2.24, 2.45) is 0 Å². The lowest BCUT2D eigenvalue weighted by molar-refractivity contribution is 0.110. The average Bonchev–Trinajstić information content (AvgIpc) is 3.14. The van der Waals surface area contributed by atoms with E-state index in [1.54, 1.807) is 0 Å². The number of rotatable bonds is 2. The van der Waals surface area contributed by atoms with Crippen molar-refractivity contribution in [1.29, 1.82) is 0 Å². The number of nitrogens with one attached hydrogen (secondary N) is 1. The van der Waals surface area contributed by atoms with E-state index in [0.717, 1.165) is 70.7 Å². The maximum Gasteiger partial charge on any atom is 0.320 e. The summed E-state index contributed by atoms with van der Waals surface area (Å²) in [6, 6.07) is 20.6. The third-order valence-electron chi connectivity index (χ3n) is 7.25. The number of halogens is 1. The van der Waals surface area contributed by atoms with Gasteiger partial charge in [-0.1, -0.05) is 35.9 Å². The molecular formula is C29H29ClN4O2. The molecule has 7 heteroatoms. The van der Waals surface area contributed by atoms with Crippen LogP contribution in [0.2, 0.25) is 5.02 Å². The summed E-state index contributed by atoms with van der Waals surface area (Å²) in [6.45, 7) is 4.30. The van der Waals surface area contributed by atoms with E-state index in [2.05, 4.69) is 34.2 Å². The Morgan fingerprint density at radius 2 is 1.83 bits per heavy atom. The van der Waals surface area contributed by atoms with E-state index in [1.807, 2.05) is 53.1 Å². The molecule has 3 aromatic carbocycles. The molecule has 1 aromatic heterocycles. The third-order valence-corrected chi connectivity index (χ3v) is 7.50. The van der Waals surface area contributed by atoms with E-state index in [0.29, 0.717) is 24.7 Å². The number of urea groups is 1. The van der Waals surface area contributed by atoms with Crippen LogP contribution in [0.5, 0.6) is 5.75 Å². The smallest absolute Gasteiger partial charge is 0.320 e. The minimum absolute atomic E-state index is 0.0723. The van der Waals surface area contributed by atoms with Crippen LogP contribution in [0.3, 0.4) is 0 Å². The fourth-order valence-corrected chi connectivity index (χ4v) is 5.55. The average molecular weight is 501 g/mol. The number of ether oxygens (including phenoxy) is 1. The third kappa shape index (κ3) is 4.42. The monoisotopic (exact) mass is 500 g/mol. The molecule has 1 unspecified atom stereocenters. The molecule has 1 saturated heterocycles. The first-order chi connectivity index (χ1) is 17.5. The van der Waals surface area contributed by atoms with Gasteiger partial charge in [-0.2, -0.15) is 0 Å². The van der Waals surface area contributed by atoms with Crippen molar-refractivity contribution in [3.63, 3.8) is 0 Å². The van der Waals surface area contributed by atoms with Gasteiger partial charge in [0.15, 0.2) is 0 Å². The van der Waals surface area contributed by atoms with E-state index in [-0.39, 0.29) is 12.1 Å². The second kappa shape index (κ2) is 9.51.